The van der Waals surface area contributed by atoms with Crippen molar-refractivity contribution in [3.8, 4) is 0 Å². The van der Waals surface area contributed by atoms with Crippen molar-refractivity contribution in [2.24, 2.45) is 0 Å². The highest BCUT2D eigenvalue weighted by molar-refractivity contribution is 8.18. The first kappa shape index (κ1) is 13.9. The van der Waals surface area contributed by atoms with Crippen LogP contribution < -0.4 is 5.32 Å². The normalized spacial score (nSPS) is 18.3. The lowest BCUT2D eigenvalue weighted by atomic mass is 9.96. The highest BCUT2D eigenvalue weighted by atomic mass is 32.2. The summed E-state index contributed by atoms with van der Waals surface area (Å²) >= 11 is 0.877. The maximum Gasteiger partial charge on any atom is 0.290 e. The zero-order chi connectivity index (χ0) is 15.0. The van der Waals surface area contributed by atoms with Crippen LogP contribution >= 0.6 is 11.8 Å². The van der Waals surface area contributed by atoms with Gasteiger partial charge in [-0.2, -0.15) is 0 Å². The van der Waals surface area contributed by atoms with E-state index in [2.05, 4.69) is 5.32 Å². The van der Waals surface area contributed by atoms with Gasteiger partial charge in [0, 0.05) is 0 Å². The maximum absolute atomic E-state index is 11.7. The fourth-order valence-corrected chi connectivity index (χ4v) is 3.05. The quantitative estimate of drug-likeness (QED) is 0.836. The highest BCUT2D eigenvalue weighted by Gasteiger charge is 2.25. The van der Waals surface area contributed by atoms with Crippen LogP contribution in [-0.4, -0.2) is 16.3 Å². The van der Waals surface area contributed by atoms with Gasteiger partial charge in [0.05, 0.1) is 11.0 Å². The number of aliphatic hydroxyl groups excluding tert-OH is 1. The molecule has 1 aliphatic heterocycles. The third-order valence-corrected chi connectivity index (χ3v) is 4.18. The van der Waals surface area contributed by atoms with Gasteiger partial charge in [0.1, 0.15) is 0 Å². The molecule has 1 aliphatic rings. The van der Waals surface area contributed by atoms with Gasteiger partial charge in [-0.3, -0.25) is 14.9 Å². The largest absolute Gasteiger partial charge is 0.389 e. The van der Waals surface area contributed by atoms with E-state index in [9.17, 15) is 14.7 Å². The van der Waals surface area contributed by atoms with E-state index in [-0.39, 0.29) is 5.24 Å². The van der Waals surface area contributed by atoms with Crippen LogP contribution in [0.5, 0.6) is 0 Å². The van der Waals surface area contributed by atoms with Crippen molar-refractivity contribution >= 4 is 39.8 Å². The Labute approximate surface area is 125 Å². The summed E-state index contributed by atoms with van der Waals surface area (Å²) < 4.78 is 0. The molecule has 0 radical (unpaired) electrons. The zero-order valence-electron chi connectivity index (χ0n) is 11.3. The van der Waals surface area contributed by atoms with E-state index >= 15 is 0 Å². The molecular weight excluding hydrogens is 286 g/mol. The number of fused-ring (bicyclic) bond motifs is 1. The number of hydrogen-bond donors (Lipinski definition) is 2. The highest BCUT2D eigenvalue weighted by Crippen LogP contribution is 2.32. The monoisotopic (exact) mass is 299 g/mol. The van der Waals surface area contributed by atoms with E-state index in [1.165, 1.54) is 0 Å². The molecule has 2 aromatic carbocycles. The summed E-state index contributed by atoms with van der Waals surface area (Å²) in [4.78, 5) is 23.3. The fourth-order valence-electron chi connectivity index (χ4n) is 2.39. The summed E-state index contributed by atoms with van der Waals surface area (Å²) in [6.07, 6.45) is 1.02. The van der Waals surface area contributed by atoms with E-state index in [0.29, 0.717) is 4.91 Å². The summed E-state index contributed by atoms with van der Waals surface area (Å²) in [5.74, 6) is -0.394. The van der Waals surface area contributed by atoms with Crippen molar-refractivity contribution < 1.29 is 14.7 Å². The number of aliphatic hydroxyl groups is 1. The molecule has 1 atom stereocenters. The van der Waals surface area contributed by atoms with Gasteiger partial charge in [0.25, 0.3) is 11.1 Å². The number of nitrogens with one attached hydrogen (secondary N) is 1. The van der Waals surface area contributed by atoms with Crippen molar-refractivity contribution in [2.45, 2.75) is 13.0 Å². The standard InChI is InChI=1S/C16H13NO3S/c1-9(18)11-7-6-10-4-2-3-5-12(10)13(11)8-14-15(19)17-16(20)21-14/h2-9,18H,1H3,(H,17,19,20)/b14-8-. The Morgan fingerprint density at radius 2 is 1.95 bits per heavy atom. The molecule has 1 saturated heterocycles. The number of rotatable bonds is 2. The molecule has 2 aromatic rings. The van der Waals surface area contributed by atoms with Gasteiger partial charge >= 0.3 is 0 Å². The minimum atomic E-state index is -0.661. The third-order valence-electron chi connectivity index (χ3n) is 3.37. The number of amides is 2. The zero-order valence-corrected chi connectivity index (χ0v) is 12.1. The van der Waals surface area contributed by atoms with E-state index in [1.807, 2.05) is 36.4 Å². The predicted octanol–water partition coefficient (Wildman–Crippen LogP) is 3.22. The average molecular weight is 299 g/mol. The molecule has 4 nitrogen and oxygen atoms in total. The number of imide groups is 1. The Kier molecular flexibility index (Phi) is 3.53. The first-order chi connectivity index (χ1) is 10.1. The van der Waals surface area contributed by atoms with Crippen LogP contribution in [-0.2, 0) is 4.79 Å². The van der Waals surface area contributed by atoms with E-state index in [1.54, 1.807) is 13.0 Å². The Morgan fingerprint density at radius 1 is 1.19 bits per heavy atom. The summed E-state index contributed by atoms with van der Waals surface area (Å²) in [6.45, 7) is 1.68. The fraction of sp³-hybridized carbons (Fsp3) is 0.125. The second-order valence-electron chi connectivity index (χ2n) is 4.82. The molecule has 1 heterocycles. The average Bonchev–Trinajstić information content (AvgIpc) is 2.77. The summed E-state index contributed by atoms with van der Waals surface area (Å²) in [6, 6.07) is 11.5. The lowest BCUT2D eigenvalue weighted by Crippen LogP contribution is -2.17. The van der Waals surface area contributed by atoms with Gasteiger partial charge in [-0.05, 0) is 46.7 Å². The molecule has 1 unspecified atom stereocenters. The molecule has 5 heteroatoms. The van der Waals surface area contributed by atoms with Gasteiger partial charge in [0.2, 0.25) is 0 Å². The minimum absolute atomic E-state index is 0.346. The molecule has 3 rings (SSSR count). The first-order valence-corrected chi connectivity index (χ1v) is 7.32. The van der Waals surface area contributed by atoms with E-state index in [4.69, 9.17) is 0 Å². The SMILES string of the molecule is CC(O)c1ccc2ccccc2c1/C=C1\SC(=O)NC1=O. The van der Waals surface area contributed by atoms with Crippen molar-refractivity contribution in [1.82, 2.24) is 5.32 Å². The number of carbonyl (C=O) groups excluding carboxylic acids is 2. The number of benzene rings is 2. The van der Waals surface area contributed by atoms with Gasteiger partial charge in [0.15, 0.2) is 0 Å². The van der Waals surface area contributed by atoms with Crippen LogP contribution in [0.1, 0.15) is 24.2 Å². The van der Waals surface area contributed by atoms with Crippen LogP contribution in [0.4, 0.5) is 4.79 Å². The summed E-state index contributed by atoms with van der Waals surface area (Å²) in [5.41, 5.74) is 1.50. The Hall–Kier alpha value is -2.11. The topological polar surface area (TPSA) is 66.4 Å². The Balaban J connectivity index is 2.24. The predicted molar refractivity (Wildman–Crippen MR) is 83.7 cm³/mol. The minimum Gasteiger partial charge on any atom is -0.389 e. The Morgan fingerprint density at radius 3 is 2.62 bits per heavy atom. The second-order valence-corrected chi connectivity index (χ2v) is 5.83. The maximum atomic E-state index is 11.7. The van der Waals surface area contributed by atoms with Gasteiger partial charge in [-0.15, -0.1) is 0 Å². The first-order valence-electron chi connectivity index (χ1n) is 6.51. The second kappa shape index (κ2) is 5.35. The van der Waals surface area contributed by atoms with Crippen molar-refractivity contribution in [3.63, 3.8) is 0 Å². The molecule has 0 aromatic heterocycles. The summed E-state index contributed by atoms with van der Waals surface area (Å²) in [5, 5.41) is 13.8. The van der Waals surface area contributed by atoms with E-state index < -0.39 is 12.0 Å². The van der Waals surface area contributed by atoms with Crippen LogP contribution in [0.25, 0.3) is 16.8 Å². The lowest BCUT2D eigenvalue weighted by molar-refractivity contribution is -0.115. The Bertz CT molecular complexity index is 780. The molecule has 21 heavy (non-hydrogen) atoms. The smallest absolute Gasteiger partial charge is 0.290 e. The number of hydrogen-bond acceptors (Lipinski definition) is 4. The van der Waals surface area contributed by atoms with E-state index in [0.717, 1.165) is 33.7 Å². The van der Waals surface area contributed by atoms with Gasteiger partial charge in [-0.1, -0.05) is 36.4 Å². The molecule has 2 amide bonds. The van der Waals surface area contributed by atoms with Crippen LogP contribution in [0.2, 0.25) is 0 Å². The lowest BCUT2D eigenvalue weighted by Gasteiger charge is -2.12. The van der Waals surface area contributed by atoms with Crippen LogP contribution in [0, 0.1) is 0 Å². The van der Waals surface area contributed by atoms with Crippen molar-refractivity contribution in [1.29, 1.82) is 0 Å². The van der Waals surface area contributed by atoms with Gasteiger partial charge < -0.3 is 5.11 Å². The molecule has 0 bridgehead atoms. The summed E-state index contributed by atoms with van der Waals surface area (Å²) in [7, 11) is 0. The molecule has 1 fully saturated rings. The van der Waals surface area contributed by atoms with Crippen LogP contribution in [0.15, 0.2) is 41.3 Å². The number of thioether (sulfide) groups is 1. The molecule has 106 valence electrons. The molecular formula is C16H13NO3S. The van der Waals surface area contributed by atoms with Crippen molar-refractivity contribution in [3.05, 3.63) is 52.4 Å². The van der Waals surface area contributed by atoms with Crippen molar-refractivity contribution in [2.75, 3.05) is 0 Å². The molecule has 0 saturated carbocycles. The molecule has 0 aliphatic carbocycles. The van der Waals surface area contributed by atoms with Crippen LogP contribution in [0.3, 0.4) is 0 Å². The molecule has 0 spiro atoms. The number of carbonyl (C=O) groups is 2. The molecule has 2 N–H and O–H groups in total. The third kappa shape index (κ3) is 2.57. The van der Waals surface area contributed by atoms with Gasteiger partial charge in [-0.25, -0.2) is 0 Å².